The maximum absolute atomic E-state index is 16.4. The van der Waals surface area contributed by atoms with Crippen LogP contribution in [0.15, 0.2) is 109 Å². The minimum absolute atomic E-state index is 0.162. The monoisotopic (exact) mass is 588 g/mol. The summed E-state index contributed by atoms with van der Waals surface area (Å²) in [6.45, 7) is 8.39. The van der Waals surface area contributed by atoms with Gasteiger partial charge in [0.15, 0.2) is 0 Å². The van der Waals surface area contributed by atoms with Crippen LogP contribution in [-0.2, 0) is 12.8 Å². The molecule has 44 heavy (non-hydrogen) atoms. The first-order chi connectivity index (χ1) is 21.4. The predicted molar refractivity (Wildman–Crippen MR) is 182 cm³/mol. The van der Waals surface area contributed by atoms with Gasteiger partial charge >= 0.3 is 0 Å². The fourth-order valence-electron chi connectivity index (χ4n) is 5.50. The molecule has 0 spiro atoms. The highest BCUT2D eigenvalue weighted by molar-refractivity contribution is 5.82. The lowest BCUT2D eigenvalue weighted by molar-refractivity contribution is 0.602. The van der Waals surface area contributed by atoms with Gasteiger partial charge in [-0.2, -0.15) is 0 Å². The molecule has 0 saturated carbocycles. The van der Waals surface area contributed by atoms with Crippen LogP contribution < -0.4 is 9.80 Å². The summed E-state index contributed by atoms with van der Waals surface area (Å²) in [6.07, 6.45) is 6.46. The fourth-order valence-corrected chi connectivity index (χ4v) is 5.50. The zero-order valence-corrected chi connectivity index (χ0v) is 26.3. The molecule has 2 nitrogen and oxygen atoms in total. The van der Waals surface area contributed by atoms with E-state index in [2.05, 4.69) is 38.1 Å². The smallest absolute Gasteiger partial charge is 0.149 e. The standard InChI is InChI=1S/C40H42F2N2/c1-5-7-9-31-15-23-35(24-16-31)43(33-19-11-29(3)12-20-33)39-27-38(42)40(28-37(39)41)44(34-21-13-30(4)14-22-34)36-25-17-32(18-26-36)10-8-6-2/h11-28H,5-10H2,1-4H3. The van der Waals surface area contributed by atoms with Gasteiger partial charge in [0.2, 0.25) is 0 Å². The van der Waals surface area contributed by atoms with E-state index < -0.39 is 11.6 Å². The first-order valence-corrected chi connectivity index (χ1v) is 15.8. The quantitative estimate of drug-likeness (QED) is 0.143. The Morgan fingerprint density at radius 2 is 0.750 bits per heavy atom. The number of hydrogen-bond acceptors (Lipinski definition) is 2. The number of unbranched alkanes of at least 4 members (excludes halogenated alkanes) is 2. The minimum Gasteiger partial charge on any atom is -0.308 e. The summed E-state index contributed by atoms with van der Waals surface area (Å²) in [7, 11) is 0. The van der Waals surface area contributed by atoms with Gasteiger partial charge in [-0.05, 0) is 99.2 Å². The van der Waals surface area contributed by atoms with Crippen molar-refractivity contribution in [2.45, 2.75) is 66.2 Å². The third-order valence-electron chi connectivity index (χ3n) is 8.11. The molecular weight excluding hydrogens is 546 g/mol. The Hall–Kier alpha value is -4.44. The molecule has 0 atom stereocenters. The molecule has 0 aromatic heterocycles. The van der Waals surface area contributed by atoms with Gasteiger partial charge in [0.05, 0.1) is 11.4 Å². The number of aryl methyl sites for hydroxylation is 4. The van der Waals surface area contributed by atoms with Crippen LogP contribution in [0, 0.1) is 25.5 Å². The molecule has 0 amide bonds. The normalized spacial score (nSPS) is 11.0. The Morgan fingerprint density at radius 3 is 1.05 bits per heavy atom. The number of benzene rings is 5. The van der Waals surface area contributed by atoms with Crippen LogP contribution in [0.2, 0.25) is 0 Å². The Morgan fingerprint density at radius 1 is 0.455 bits per heavy atom. The van der Waals surface area contributed by atoms with Crippen molar-refractivity contribution in [3.05, 3.63) is 143 Å². The van der Waals surface area contributed by atoms with Crippen LogP contribution in [0.3, 0.4) is 0 Å². The third-order valence-corrected chi connectivity index (χ3v) is 8.11. The van der Waals surface area contributed by atoms with Gasteiger partial charge in [0.1, 0.15) is 11.6 Å². The van der Waals surface area contributed by atoms with Crippen LogP contribution in [0.5, 0.6) is 0 Å². The van der Waals surface area contributed by atoms with Crippen molar-refractivity contribution in [2.75, 3.05) is 9.80 Å². The van der Waals surface area contributed by atoms with E-state index in [0.29, 0.717) is 0 Å². The lowest BCUT2D eigenvalue weighted by atomic mass is 10.1. The second kappa shape index (κ2) is 14.4. The summed E-state index contributed by atoms with van der Waals surface area (Å²) in [5, 5.41) is 0. The summed E-state index contributed by atoms with van der Waals surface area (Å²) in [5.74, 6) is -1.01. The molecule has 5 aromatic carbocycles. The summed E-state index contributed by atoms with van der Waals surface area (Å²) < 4.78 is 32.8. The summed E-state index contributed by atoms with van der Waals surface area (Å²) in [5.41, 5.74) is 8.07. The van der Waals surface area contributed by atoms with Gasteiger partial charge in [-0.3, -0.25) is 0 Å². The highest BCUT2D eigenvalue weighted by atomic mass is 19.1. The summed E-state index contributed by atoms with van der Waals surface area (Å²) in [4.78, 5) is 3.59. The molecule has 0 bridgehead atoms. The molecule has 0 aliphatic carbocycles. The molecule has 0 aliphatic rings. The molecule has 0 N–H and O–H groups in total. The maximum atomic E-state index is 16.4. The summed E-state index contributed by atoms with van der Waals surface area (Å²) in [6, 6.07) is 34.7. The van der Waals surface area contributed by atoms with Gasteiger partial charge in [0.25, 0.3) is 0 Å². The van der Waals surface area contributed by atoms with Gasteiger partial charge < -0.3 is 9.80 Å². The highest BCUT2D eigenvalue weighted by Gasteiger charge is 2.23. The van der Waals surface area contributed by atoms with E-state index in [1.807, 2.05) is 86.6 Å². The minimum atomic E-state index is -0.506. The van der Waals surface area contributed by atoms with Gasteiger partial charge in [-0.15, -0.1) is 0 Å². The van der Waals surface area contributed by atoms with Crippen molar-refractivity contribution < 1.29 is 8.78 Å². The first kappa shape index (κ1) is 31.0. The van der Waals surface area contributed by atoms with E-state index in [0.717, 1.165) is 72.4 Å². The van der Waals surface area contributed by atoms with Crippen molar-refractivity contribution in [3.63, 3.8) is 0 Å². The van der Waals surface area contributed by atoms with Gasteiger partial charge in [0, 0.05) is 34.9 Å². The molecule has 0 unspecified atom stereocenters. The lowest BCUT2D eigenvalue weighted by Gasteiger charge is -2.29. The van der Waals surface area contributed by atoms with Crippen LogP contribution in [-0.4, -0.2) is 0 Å². The first-order valence-electron chi connectivity index (χ1n) is 15.8. The molecule has 5 rings (SSSR count). The van der Waals surface area contributed by atoms with E-state index in [1.165, 1.54) is 23.3 Å². The average molecular weight is 589 g/mol. The molecule has 0 saturated heterocycles. The number of nitrogens with zero attached hydrogens (tertiary/aromatic N) is 2. The Kier molecular flexibility index (Phi) is 10.1. The Balaban J connectivity index is 1.60. The van der Waals surface area contributed by atoms with Gasteiger partial charge in [-0.25, -0.2) is 8.78 Å². The van der Waals surface area contributed by atoms with Crippen molar-refractivity contribution in [2.24, 2.45) is 0 Å². The van der Waals surface area contributed by atoms with Gasteiger partial charge in [-0.1, -0.05) is 86.3 Å². The van der Waals surface area contributed by atoms with Crippen molar-refractivity contribution in [3.8, 4) is 0 Å². The molecular formula is C40H42F2N2. The van der Waals surface area contributed by atoms with Crippen LogP contribution in [0.1, 0.15) is 61.8 Å². The molecule has 226 valence electrons. The van der Waals surface area contributed by atoms with E-state index in [-0.39, 0.29) is 11.4 Å². The Bertz CT molecular complexity index is 1510. The number of halogens is 2. The summed E-state index contributed by atoms with van der Waals surface area (Å²) >= 11 is 0. The lowest BCUT2D eigenvalue weighted by Crippen LogP contribution is -2.16. The third kappa shape index (κ3) is 7.19. The van der Waals surface area contributed by atoms with Crippen molar-refractivity contribution in [1.82, 2.24) is 0 Å². The van der Waals surface area contributed by atoms with Crippen molar-refractivity contribution in [1.29, 1.82) is 0 Å². The molecule has 0 fully saturated rings. The average Bonchev–Trinajstić information content (AvgIpc) is 3.04. The zero-order chi connectivity index (χ0) is 31.1. The number of anilines is 6. The molecule has 5 aromatic rings. The van der Waals surface area contributed by atoms with Crippen LogP contribution in [0.25, 0.3) is 0 Å². The molecule has 4 heteroatoms. The second-order valence-corrected chi connectivity index (χ2v) is 11.6. The van der Waals surface area contributed by atoms with Crippen LogP contribution >= 0.6 is 0 Å². The highest BCUT2D eigenvalue weighted by Crippen LogP contribution is 2.42. The van der Waals surface area contributed by atoms with Crippen LogP contribution in [0.4, 0.5) is 42.9 Å². The predicted octanol–water partition coefficient (Wildman–Crippen LogP) is 12.2. The number of hydrogen-bond donors (Lipinski definition) is 0. The van der Waals surface area contributed by atoms with E-state index in [4.69, 9.17) is 0 Å². The zero-order valence-electron chi connectivity index (χ0n) is 26.3. The van der Waals surface area contributed by atoms with E-state index in [9.17, 15) is 0 Å². The largest absolute Gasteiger partial charge is 0.308 e. The SMILES string of the molecule is CCCCc1ccc(N(c2ccc(C)cc2)c2cc(F)c(N(c3ccc(C)cc3)c3ccc(CCCC)cc3)cc2F)cc1. The fraction of sp³-hybridized carbons (Fsp3) is 0.250. The van der Waals surface area contributed by atoms with E-state index >= 15 is 8.78 Å². The molecule has 0 radical (unpaired) electrons. The van der Waals surface area contributed by atoms with Crippen molar-refractivity contribution >= 4 is 34.1 Å². The Labute approximate surface area is 261 Å². The number of rotatable bonds is 12. The molecule has 0 aliphatic heterocycles. The second-order valence-electron chi connectivity index (χ2n) is 11.6. The molecule has 0 heterocycles. The topological polar surface area (TPSA) is 6.48 Å². The maximum Gasteiger partial charge on any atom is 0.149 e. The van der Waals surface area contributed by atoms with E-state index in [1.54, 1.807) is 9.80 Å².